The predicted octanol–water partition coefficient (Wildman–Crippen LogP) is 3.54. The van der Waals surface area contributed by atoms with Crippen molar-refractivity contribution < 1.29 is 14.3 Å². The average molecular weight is 381 g/mol. The summed E-state index contributed by atoms with van der Waals surface area (Å²) < 4.78 is 13.0. The lowest BCUT2D eigenvalue weighted by molar-refractivity contribution is 0.0594. The number of hydrogen-bond acceptors (Lipinski definition) is 3. The first-order chi connectivity index (χ1) is 11.9. The minimum Gasteiger partial charge on any atom is -0.387 e. The molecule has 0 fully saturated rings. The number of carbonyl (C=O) groups is 1. The molecular weight excluding hydrogens is 355 g/mol. The first-order valence-corrected chi connectivity index (χ1v) is 8.42. The summed E-state index contributed by atoms with van der Waals surface area (Å²) in [4.78, 5) is 14.5. The van der Waals surface area contributed by atoms with Gasteiger partial charge in [-0.1, -0.05) is 38.1 Å². The monoisotopic (exact) mass is 380 g/mol. The molecule has 0 radical (unpaired) electrons. The lowest BCUT2D eigenvalue weighted by Gasteiger charge is -2.27. The molecule has 0 saturated carbocycles. The zero-order valence-electron chi connectivity index (χ0n) is 15.1. The van der Waals surface area contributed by atoms with Crippen LogP contribution < -0.4 is 5.73 Å². The average Bonchev–Trinajstić information content (AvgIpc) is 2.60. The summed E-state index contributed by atoms with van der Waals surface area (Å²) in [6.45, 7) is 5.13. The number of aliphatic hydroxyl groups excluding tert-OH is 1. The Balaban J connectivity index is 0.00000338. The van der Waals surface area contributed by atoms with Crippen molar-refractivity contribution in [1.29, 1.82) is 0 Å². The third kappa shape index (κ3) is 6.09. The minimum atomic E-state index is -0.869. The Morgan fingerprint density at radius 2 is 1.65 bits per heavy atom. The Bertz CT molecular complexity index is 690. The highest BCUT2D eigenvalue weighted by Gasteiger charge is 2.21. The topological polar surface area (TPSA) is 66.6 Å². The molecule has 1 amide bonds. The summed E-state index contributed by atoms with van der Waals surface area (Å²) in [6.07, 6.45) is -0.869. The van der Waals surface area contributed by atoms with E-state index < -0.39 is 6.10 Å². The molecule has 0 saturated heterocycles. The standard InChI is InChI=1S/C20H25FN2O2.ClH/c1-14(2)12-23(13-19(24)16-7-9-18(21)10-8-16)20(25)17-5-3-15(11-22)4-6-17;/h3-10,14,19,24H,11-13,22H2,1-2H3;1H. The lowest BCUT2D eigenvalue weighted by atomic mass is 10.1. The van der Waals surface area contributed by atoms with E-state index in [9.17, 15) is 14.3 Å². The molecule has 2 aromatic carbocycles. The van der Waals surface area contributed by atoms with Gasteiger partial charge in [0.1, 0.15) is 5.82 Å². The van der Waals surface area contributed by atoms with E-state index in [4.69, 9.17) is 5.73 Å². The number of rotatable bonds is 7. The molecule has 6 heteroatoms. The molecule has 2 aromatic rings. The Hall–Kier alpha value is -1.95. The quantitative estimate of drug-likeness (QED) is 0.772. The Labute approximate surface area is 160 Å². The van der Waals surface area contributed by atoms with E-state index in [1.54, 1.807) is 17.0 Å². The fourth-order valence-electron chi connectivity index (χ4n) is 2.65. The van der Waals surface area contributed by atoms with Gasteiger partial charge >= 0.3 is 0 Å². The molecule has 3 N–H and O–H groups in total. The SMILES string of the molecule is CC(C)CN(CC(O)c1ccc(F)cc1)C(=O)c1ccc(CN)cc1.Cl. The fourth-order valence-corrected chi connectivity index (χ4v) is 2.65. The molecule has 0 aromatic heterocycles. The van der Waals surface area contributed by atoms with Crippen molar-refractivity contribution in [3.63, 3.8) is 0 Å². The van der Waals surface area contributed by atoms with Crippen LogP contribution in [0.5, 0.6) is 0 Å². The molecule has 26 heavy (non-hydrogen) atoms. The van der Waals surface area contributed by atoms with E-state index in [-0.39, 0.29) is 36.6 Å². The largest absolute Gasteiger partial charge is 0.387 e. The summed E-state index contributed by atoms with van der Waals surface area (Å²) >= 11 is 0. The smallest absolute Gasteiger partial charge is 0.253 e. The summed E-state index contributed by atoms with van der Waals surface area (Å²) in [5.74, 6) is -0.239. The molecule has 0 aliphatic rings. The van der Waals surface area contributed by atoms with Gasteiger partial charge in [-0.25, -0.2) is 4.39 Å². The molecule has 0 spiro atoms. The number of nitrogens with zero attached hydrogens (tertiary/aromatic N) is 1. The van der Waals surface area contributed by atoms with Gasteiger partial charge in [0.2, 0.25) is 0 Å². The van der Waals surface area contributed by atoms with Crippen LogP contribution in [0, 0.1) is 11.7 Å². The predicted molar refractivity (Wildman–Crippen MR) is 104 cm³/mol. The number of nitrogens with two attached hydrogens (primary N) is 1. The van der Waals surface area contributed by atoms with Crippen molar-refractivity contribution in [3.05, 3.63) is 71.0 Å². The second-order valence-corrected chi connectivity index (χ2v) is 6.57. The number of halogens is 2. The van der Waals surface area contributed by atoms with E-state index in [1.807, 2.05) is 26.0 Å². The van der Waals surface area contributed by atoms with E-state index >= 15 is 0 Å². The van der Waals surface area contributed by atoms with Gasteiger partial charge in [-0.3, -0.25) is 4.79 Å². The molecule has 0 aliphatic heterocycles. The van der Waals surface area contributed by atoms with Crippen LogP contribution in [0.3, 0.4) is 0 Å². The van der Waals surface area contributed by atoms with Crippen LogP contribution in [0.25, 0.3) is 0 Å². The van der Waals surface area contributed by atoms with Crippen LogP contribution >= 0.6 is 12.4 Å². The second kappa shape index (κ2) is 10.3. The minimum absolute atomic E-state index is 0. The number of aliphatic hydroxyl groups is 1. The van der Waals surface area contributed by atoms with Crippen LogP contribution in [0.4, 0.5) is 4.39 Å². The fraction of sp³-hybridized carbons (Fsp3) is 0.350. The van der Waals surface area contributed by atoms with E-state index in [0.29, 0.717) is 24.2 Å². The lowest BCUT2D eigenvalue weighted by Crippen LogP contribution is -2.37. The summed E-state index contributed by atoms with van der Waals surface area (Å²) in [5, 5.41) is 10.4. The van der Waals surface area contributed by atoms with Crippen molar-refractivity contribution in [2.24, 2.45) is 11.7 Å². The van der Waals surface area contributed by atoms with Crippen LogP contribution in [0.2, 0.25) is 0 Å². The Morgan fingerprint density at radius 3 is 2.15 bits per heavy atom. The van der Waals surface area contributed by atoms with Gasteiger partial charge in [0, 0.05) is 18.7 Å². The first-order valence-electron chi connectivity index (χ1n) is 8.42. The van der Waals surface area contributed by atoms with Gasteiger partial charge in [-0.2, -0.15) is 0 Å². The molecule has 0 bridgehead atoms. The zero-order chi connectivity index (χ0) is 18.4. The van der Waals surface area contributed by atoms with Crippen LogP contribution in [0.15, 0.2) is 48.5 Å². The van der Waals surface area contributed by atoms with Crippen molar-refractivity contribution in [3.8, 4) is 0 Å². The normalized spacial score (nSPS) is 11.8. The van der Waals surface area contributed by atoms with Crippen molar-refractivity contribution in [2.75, 3.05) is 13.1 Å². The van der Waals surface area contributed by atoms with Crippen LogP contribution in [0.1, 0.15) is 41.4 Å². The highest BCUT2D eigenvalue weighted by atomic mass is 35.5. The van der Waals surface area contributed by atoms with Gasteiger partial charge < -0.3 is 15.7 Å². The van der Waals surface area contributed by atoms with E-state index in [1.165, 1.54) is 24.3 Å². The number of hydrogen-bond donors (Lipinski definition) is 2. The van der Waals surface area contributed by atoms with Gasteiger partial charge in [0.05, 0.1) is 12.6 Å². The van der Waals surface area contributed by atoms with Crippen molar-refractivity contribution >= 4 is 18.3 Å². The highest BCUT2D eigenvalue weighted by Crippen LogP contribution is 2.18. The maximum Gasteiger partial charge on any atom is 0.253 e. The van der Waals surface area contributed by atoms with Crippen molar-refractivity contribution in [2.45, 2.75) is 26.5 Å². The first kappa shape index (κ1) is 22.1. The van der Waals surface area contributed by atoms with Gasteiger partial charge in [0.25, 0.3) is 5.91 Å². The third-order valence-electron chi connectivity index (χ3n) is 3.96. The molecule has 4 nitrogen and oxygen atoms in total. The van der Waals surface area contributed by atoms with E-state index in [2.05, 4.69) is 0 Å². The van der Waals surface area contributed by atoms with Crippen molar-refractivity contribution in [1.82, 2.24) is 4.90 Å². The molecule has 1 atom stereocenters. The second-order valence-electron chi connectivity index (χ2n) is 6.57. The third-order valence-corrected chi connectivity index (χ3v) is 3.96. The molecule has 1 unspecified atom stereocenters. The zero-order valence-corrected chi connectivity index (χ0v) is 15.9. The summed E-state index contributed by atoms with van der Waals surface area (Å²) in [7, 11) is 0. The van der Waals surface area contributed by atoms with Gasteiger partial charge in [-0.05, 0) is 41.3 Å². The Kier molecular flexibility index (Phi) is 8.72. The molecule has 142 valence electrons. The van der Waals surface area contributed by atoms with Gasteiger partial charge in [-0.15, -0.1) is 12.4 Å². The molecule has 0 heterocycles. The molecular formula is C20H26ClFN2O2. The summed E-state index contributed by atoms with van der Waals surface area (Å²) in [6, 6.07) is 12.8. The van der Waals surface area contributed by atoms with Crippen LogP contribution in [-0.4, -0.2) is 29.0 Å². The number of amides is 1. The number of carbonyl (C=O) groups excluding carboxylic acids is 1. The van der Waals surface area contributed by atoms with Gasteiger partial charge in [0.15, 0.2) is 0 Å². The summed E-state index contributed by atoms with van der Waals surface area (Å²) in [5.41, 5.74) is 7.69. The number of benzene rings is 2. The van der Waals surface area contributed by atoms with E-state index in [0.717, 1.165) is 5.56 Å². The maximum atomic E-state index is 13.0. The van der Waals surface area contributed by atoms with Crippen LogP contribution in [-0.2, 0) is 6.54 Å². The Morgan fingerprint density at radius 1 is 1.08 bits per heavy atom. The highest BCUT2D eigenvalue weighted by molar-refractivity contribution is 5.94. The maximum absolute atomic E-state index is 13.0. The molecule has 0 aliphatic carbocycles. The molecule has 2 rings (SSSR count).